The van der Waals surface area contributed by atoms with E-state index < -0.39 is 17.4 Å². The van der Waals surface area contributed by atoms with Crippen LogP contribution in [0.4, 0.5) is 11.5 Å². The van der Waals surface area contributed by atoms with Gasteiger partial charge in [0.05, 0.1) is 30.5 Å². The number of anilines is 2. The number of aliphatic hydroxyl groups is 1. The van der Waals surface area contributed by atoms with Gasteiger partial charge in [-0.05, 0) is 61.4 Å². The molecule has 13 heteroatoms. The van der Waals surface area contributed by atoms with Crippen LogP contribution in [-0.4, -0.2) is 61.7 Å². The topological polar surface area (TPSA) is 159 Å². The first-order valence-corrected chi connectivity index (χ1v) is 16.1. The van der Waals surface area contributed by atoms with E-state index >= 15 is 0 Å². The summed E-state index contributed by atoms with van der Waals surface area (Å²) >= 11 is 7.06. The Kier molecular flexibility index (Phi) is 9.61. The molecule has 1 fully saturated rings. The lowest BCUT2D eigenvalue weighted by atomic mass is 9.96. The normalized spacial score (nSPS) is 17.1. The molecular weight excluding hydrogens is 634 g/mol. The van der Waals surface area contributed by atoms with Crippen LogP contribution in [0.5, 0.6) is 5.88 Å². The van der Waals surface area contributed by atoms with Gasteiger partial charge in [0.2, 0.25) is 5.88 Å². The van der Waals surface area contributed by atoms with E-state index in [-0.39, 0.29) is 17.1 Å². The van der Waals surface area contributed by atoms with Gasteiger partial charge in [0, 0.05) is 49.1 Å². The SMILES string of the molecule is COc1nc(-c2cccc(-c3cccc(Nc4ncnc5c4c(=O)n(C)c(=O)n5C)c3C)c2Cl)cc2c1CCC2.NC1CCOCC1O. The molecule has 12 nitrogen and oxygen atoms in total. The number of pyridine rings is 1. The number of methoxy groups -OCH3 is 1. The largest absolute Gasteiger partial charge is 0.481 e. The number of aryl methyl sites for hydroxylation is 2. The van der Waals surface area contributed by atoms with Gasteiger partial charge in [-0.2, -0.15) is 0 Å². The zero-order valence-corrected chi connectivity index (χ0v) is 28.0. The van der Waals surface area contributed by atoms with Gasteiger partial charge < -0.3 is 25.6 Å². The first kappa shape index (κ1) is 33.3. The van der Waals surface area contributed by atoms with E-state index in [2.05, 4.69) is 21.4 Å². The fourth-order valence-electron chi connectivity index (χ4n) is 6.21. The lowest BCUT2D eigenvalue weighted by Crippen LogP contribution is -2.42. The van der Waals surface area contributed by atoms with E-state index in [1.165, 1.54) is 29.1 Å². The molecule has 2 unspecified atom stereocenters. The third-order valence-electron chi connectivity index (χ3n) is 9.01. The molecule has 2 aromatic carbocycles. The van der Waals surface area contributed by atoms with Crippen molar-refractivity contribution in [3.63, 3.8) is 0 Å². The fourth-order valence-corrected chi connectivity index (χ4v) is 6.54. The summed E-state index contributed by atoms with van der Waals surface area (Å²) < 4.78 is 12.9. The smallest absolute Gasteiger partial charge is 0.332 e. The van der Waals surface area contributed by atoms with Crippen molar-refractivity contribution < 1.29 is 14.6 Å². The summed E-state index contributed by atoms with van der Waals surface area (Å²) in [5.41, 5.74) is 12.3. The standard InChI is InChI=1S/C30H27ClN6O3.C5H11NO2/c1-16-18(20-11-6-12-21(25(20)31)23-14-17-8-5-10-19(17)28(35-23)40-4)9-7-13-22(16)34-26-24-27(33-15-32-26)36(2)30(39)37(3)29(24)38;6-4-1-2-8-3-5(4)7/h6-7,9,11-15H,5,8,10H2,1-4H3,(H,32,33,34);4-5,7H,1-3,6H2. The number of aliphatic hydroxyl groups excluding tert-OH is 1. The first-order chi connectivity index (χ1) is 23.1. The zero-order chi connectivity index (χ0) is 34.1. The van der Waals surface area contributed by atoms with Crippen LogP contribution in [0.25, 0.3) is 33.4 Å². The highest BCUT2D eigenvalue weighted by atomic mass is 35.5. The van der Waals surface area contributed by atoms with Gasteiger partial charge >= 0.3 is 5.69 Å². The molecule has 2 atom stereocenters. The highest BCUT2D eigenvalue weighted by molar-refractivity contribution is 6.36. The number of ether oxygens (including phenoxy) is 2. The molecule has 0 bridgehead atoms. The number of hydrogen-bond donors (Lipinski definition) is 3. The average Bonchev–Trinajstić information content (AvgIpc) is 3.58. The lowest BCUT2D eigenvalue weighted by Gasteiger charge is -2.23. The Morgan fingerprint density at radius 2 is 1.81 bits per heavy atom. The summed E-state index contributed by atoms with van der Waals surface area (Å²) in [5.74, 6) is 0.977. The number of nitrogens with zero attached hydrogens (tertiary/aromatic N) is 5. The van der Waals surface area contributed by atoms with Crippen molar-refractivity contribution in [2.24, 2.45) is 19.8 Å². The van der Waals surface area contributed by atoms with Crippen LogP contribution in [0.15, 0.2) is 58.4 Å². The van der Waals surface area contributed by atoms with E-state index in [9.17, 15) is 9.59 Å². The molecule has 0 radical (unpaired) electrons. The third-order valence-corrected chi connectivity index (χ3v) is 9.42. The maximum Gasteiger partial charge on any atom is 0.332 e. The number of nitrogens with one attached hydrogen (secondary N) is 1. The first-order valence-electron chi connectivity index (χ1n) is 15.8. The van der Waals surface area contributed by atoms with E-state index in [4.69, 9.17) is 36.9 Å². The Labute approximate surface area is 282 Å². The number of benzene rings is 2. The van der Waals surface area contributed by atoms with Crippen molar-refractivity contribution >= 4 is 34.1 Å². The molecule has 5 aromatic rings. The van der Waals surface area contributed by atoms with Crippen LogP contribution in [-0.2, 0) is 31.7 Å². The van der Waals surface area contributed by atoms with E-state index in [1.54, 1.807) is 14.2 Å². The number of fused-ring (bicyclic) bond motifs is 2. The van der Waals surface area contributed by atoms with Crippen molar-refractivity contribution in [1.29, 1.82) is 0 Å². The van der Waals surface area contributed by atoms with Crippen LogP contribution >= 0.6 is 11.6 Å². The summed E-state index contributed by atoms with van der Waals surface area (Å²) in [7, 11) is 4.67. The highest BCUT2D eigenvalue weighted by Gasteiger charge is 2.22. The number of halogens is 1. The second kappa shape index (κ2) is 13.9. The molecule has 1 aliphatic heterocycles. The van der Waals surface area contributed by atoms with Crippen LogP contribution < -0.4 is 27.0 Å². The van der Waals surface area contributed by atoms with Gasteiger partial charge in [0.25, 0.3) is 5.56 Å². The molecule has 0 saturated carbocycles. The number of hydrogen-bond acceptors (Lipinski definition) is 10. The Morgan fingerprint density at radius 3 is 2.54 bits per heavy atom. The average molecular weight is 672 g/mol. The monoisotopic (exact) mass is 671 g/mol. The van der Waals surface area contributed by atoms with E-state index in [0.29, 0.717) is 29.9 Å². The zero-order valence-electron chi connectivity index (χ0n) is 27.3. The molecule has 0 amide bonds. The minimum absolute atomic E-state index is 0.0660. The van der Waals surface area contributed by atoms with Gasteiger partial charge in [-0.1, -0.05) is 41.9 Å². The second-order valence-electron chi connectivity index (χ2n) is 12.0. The van der Waals surface area contributed by atoms with Crippen LogP contribution in [0.1, 0.15) is 29.5 Å². The Hall–Kier alpha value is -4.62. The molecule has 7 rings (SSSR count). The van der Waals surface area contributed by atoms with Gasteiger partial charge in [-0.15, -0.1) is 0 Å². The third kappa shape index (κ3) is 6.19. The molecule has 1 saturated heterocycles. The number of nitrogens with two attached hydrogens (primary N) is 1. The van der Waals surface area contributed by atoms with E-state index in [1.807, 2.05) is 43.3 Å². The van der Waals surface area contributed by atoms with Crippen molar-refractivity contribution in [2.45, 2.75) is 44.8 Å². The molecule has 4 heterocycles. The molecule has 2 aliphatic rings. The van der Waals surface area contributed by atoms with Crippen molar-refractivity contribution in [3.8, 4) is 28.3 Å². The Balaban J connectivity index is 0.000000441. The van der Waals surface area contributed by atoms with Crippen LogP contribution in [0.3, 0.4) is 0 Å². The molecule has 250 valence electrons. The lowest BCUT2D eigenvalue weighted by molar-refractivity contribution is -0.0182. The maximum absolute atomic E-state index is 13.0. The predicted octanol–water partition coefficient (Wildman–Crippen LogP) is 4.05. The molecular formula is C35H38ClN7O5. The molecule has 48 heavy (non-hydrogen) atoms. The van der Waals surface area contributed by atoms with Gasteiger partial charge in [0.15, 0.2) is 5.65 Å². The summed E-state index contributed by atoms with van der Waals surface area (Å²) in [4.78, 5) is 38.7. The predicted molar refractivity (Wildman–Crippen MR) is 186 cm³/mol. The minimum Gasteiger partial charge on any atom is -0.481 e. The highest BCUT2D eigenvalue weighted by Crippen LogP contribution is 2.41. The summed E-state index contributed by atoms with van der Waals surface area (Å²) in [6.07, 6.45) is 4.74. The van der Waals surface area contributed by atoms with Crippen molar-refractivity contribution in [3.05, 3.63) is 91.3 Å². The number of aromatic nitrogens is 5. The molecule has 1 aliphatic carbocycles. The molecule has 3 aromatic heterocycles. The van der Waals surface area contributed by atoms with Gasteiger partial charge in [0.1, 0.15) is 17.5 Å². The van der Waals surface area contributed by atoms with Crippen LogP contribution in [0, 0.1) is 6.92 Å². The van der Waals surface area contributed by atoms with Gasteiger partial charge in [-0.3, -0.25) is 13.9 Å². The quantitative estimate of drug-likeness (QED) is 0.249. The van der Waals surface area contributed by atoms with Crippen molar-refractivity contribution in [1.82, 2.24) is 24.1 Å². The van der Waals surface area contributed by atoms with Crippen molar-refractivity contribution in [2.75, 3.05) is 25.6 Å². The molecule has 4 N–H and O–H groups in total. The fraction of sp³-hybridized carbons (Fsp3) is 0.343. The molecule has 0 spiro atoms. The summed E-state index contributed by atoms with van der Waals surface area (Å²) in [6.45, 7) is 3.08. The summed E-state index contributed by atoms with van der Waals surface area (Å²) in [5, 5.41) is 13.0. The maximum atomic E-state index is 13.0. The summed E-state index contributed by atoms with van der Waals surface area (Å²) in [6, 6.07) is 13.8. The van der Waals surface area contributed by atoms with Crippen LogP contribution in [0.2, 0.25) is 5.02 Å². The second-order valence-corrected chi connectivity index (χ2v) is 12.4. The minimum atomic E-state index is -0.469. The Bertz CT molecular complexity index is 2120. The number of rotatable bonds is 5. The van der Waals surface area contributed by atoms with E-state index in [0.717, 1.165) is 63.9 Å². The van der Waals surface area contributed by atoms with Gasteiger partial charge in [-0.25, -0.2) is 19.7 Å². The Morgan fingerprint density at radius 1 is 1.06 bits per heavy atom.